The van der Waals surface area contributed by atoms with Gasteiger partial charge in [-0.1, -0.05) is 29.8 Å². The van der Waals surface area contributed by atoms with Gasteiger partial charge in [0.25, 0.3) is 0 Å². The average molecular weight is 253 g/mol. The SMILES string of the molecule is CSCC[C@@H](NCc1ccc(C)cc1)C(=O)O. The molecule has 0 amide bonds. The summed E-state index contributed by atoms with van der Waals surface area (Å²) in [5.41, 5.74) is 2.33. The van der Waals surface area contributed by atoms with Crippen LogP contribution in [0.4, 0.5) is 0 Å². The third-order valence-electron chi connectivity index (χ3n) is 2.58. The Kier molecular flexibility index (Phi) is 6.08. The highest BCUT2D eigenvalue weighted by Crippen LogP contribution is 2.05. The Morgan fingerprint density at radius 1 is 1.41 bits per heavy atom. The van der Waals surface area contributed by atoms with Gasteiger partial charge >= 0.3 is 5.97 Å². The molecule has 0 heterocycles. The zero-order valence-electron chi connectivity index (χ0n) is 10.3. The topological polar surface area (TPSA) is 49.3 Å². The van der Waals surface area contributed by atoms with E-state index in [0.717, 1.165) is 11.3 Å². The Morgan fingerprint density at radius 3 is 2.59 bits per heavy atom. The maximum Gasteiger partial charge on any atom is 0.320 e. The van der Waals surface area contributed by atoms with Gasteiger partial charge in [-0.3, -0.25) is 4.79 Å². The van der Waals surface area contributed by atoms with Gasteiger partial charge < -0.3 is 10.4 Å². The number of benzene rings is 1. The van der Waals surface area contributed by atoms with Gasteiger partial charge in [-0.2, -0.15) is 11.8 Å². The number of thioether (sulfide) groups is 1. The molecule has 0 radical (unpaired) electrons. The number of carboxylic acid groups (broad SMARTS) is 1. The Hall–Kier alpha value is -1.00. The molecule has 0 aliphatic carbocycles. The van der Waals surface area contributed by atoms with E-state index in [1.54, 1.807) is 11.8 Å². The maximum atomic E-state index is 11.0. The Labute approximate surface area is 107 Å². The van der Waals surface area contributed by atoms with E-state index in [-0.39, 0.29) is 0 Å². The Morgan fingerprint density at radius 2 is 2.06 bits per heavy atom. The van der Waals surface area contributed by atoms with Gasteiger partial charge in [0.15, 0.2) is 0 Å². The highest BCUT2D eigenvalue weighted by molar-refractivity contribution is 7.98. The summed E-state index contributed by atoms with van der Waals surface area (Å²) >= 11 is 1.67. The molecule has 1 atom stereocenters. The van der Waals surface area contributed by atoms with Crippen molar-refractivity contribution in [2.75, 3.05) is 12.0 Å². The quantitative estimate of drug-likeness (QED) is 0.783. The number of nitrogens with one attached hydrogen (secondary N) is 1. The van der Waals surface area contributed by atoms with Crippen LogP contribution in [0.15, 0.2) is 24.3 Å². The molecule has 1 rings (SSSR count). The lowest BCUT2D eigenvalue weighted by Crippen LogP contribution is -2.36. The Bertz CT molecular complexity index is 351. The smallest absolute Gasteiger partial charge is 0.320 e. The van der Waals surface area contributed by atoms with Gasteiger partial charge in [0.05, 0.1) is 0 Å². The van der Waals surface area contributed by atoms with E-state index < -0.39 is 12.0 Å². The average Bonchev–Trinajstić information content (AvgIpc) is 2.31. The first-order valence-corrected chi connectivity index (χ1v) is 7.03. The second kappa shape index (κ2) is 7.35. The van der Waals surface area contributed by atoms with Crippen LogP contribution in [0.3, 0.4) is 0 Å². The summed E-state index contributed by atoms with van der Waals surface area (Å²) in [7, 11) is 0. The Balaban J connectivity index is 2.45. The fraction of sp³-hybridized carbons (Fsp3) is 0.462. The van der Waals surface area contributed by atoms with Crippen LogP contribution in [0.2, 0.25) is 0 Å². The molecule has 0 spiro atoms. The predicted molar refractivity (Wildman–Crippen MR) is 72.4 cm³/mol. The van der Waals surface area contributed by atoms with Gasteiger partial charge in [0, 0.05) is 6.54 Å². The van der Waals surface area contributed by atoms with Crippen LogP contribution in [0.25, 0.3) is 0 Å². The molecule has 0 saturated carbocycles. The van der Waals surface area contributed by atoms with Gasteiger partial charge in [-0.05, 0) is 30.9 Å². The van der Waals surface area contributed by atoms with Crippen LogP contribution in [0, 0.1) is 6.92 Å². The van der Waals surface area contributed by atoms with E-state index in [9.17, 15) is 4.79 Å². The van der Waals surface area contributed by atoms with Crippen LogP contribution in [-0.2, 0) is 11.3 Å². The third-order valence-corrected chi connectivity index (χ3v) is 3.23. The number of rotatable bonds is 7. The van der Waals surface area contributed by atoms with Crippen molar-refractivity contribution in [2.24, 2.45) is 0 Å². The lowest BCUT2D eigenvalue weighted by atomic mass is 10.1. The first kappa shape index (κ1) is 14.1. The normalized spacial score (nSPS) is 12.4. The fourth-order valence-corrected chi connectivity index (χ4v) is 1.97. The van der Waals surface area contributed by atoms with Crippen LogP contribution in [-0.4, -0.2) is 29.1 Å². The minimum absolute atomic E-state index is 0.455. The standard InChI is InChI=1S/C13H19NO2S/c1-10-3-5-11(6-4-10)9-14-12(13(15)16)7-8-17-2/h3-6,12,14H,7-9H2,1-2H3,(H,15,16)/t12-/m1/s1. The second-order valence-corrected chi connectivity index (χ2v) is 5.02. The van der Waals surface area contributed by atoms with Crippen LogP contribution < -0.4 is 5.32 Å². The van der Waals surface area contributed by atoms with E-state index in [0.29, 0.717) is 13.0 Å². The second-order valence-electron chi connectivity index (χ2n) is 4.04. The van der Waals surface area contributed by atoms with Crippen molar-refractivity contribution in [3.63, 3.8) is 0 Å². The van der Waals surface area contributed by atoms with Gasteiger partial charge in [0.1, 0.15) is 6.04 Å². The largest absolute Gasteiger partial charge is 0.480 e. The molecule has 0 aliphatic rings. The first-order valence-electron chi connectivity index (χ1n) is 5.64. The molecule has 0 aliphatic heterocycles. The van der Waals surface area contributed by atoms with Crippen molar-refractivity contribution >= 4 is 17.7 Å². The summed E-state index contributed by atoms with van der Waals surface area (Å²) in [6.45, 7) is 2.64. The number of carbonyl (C=O) groups is 1. The molecule has 94 valence electrons. The minimum atomic E-state index is -0.772. The van der Waals surface area contributed by atoms with E-state index >= 15 is 0 Å². The van der Waals surface area contributed by atoms with Crippen molar-refractivity contribution in [2.45, 2.75) is 25.9 Å². The molecule has 4 heteroatoms. The number of carboxylic acids is 1. The number of hydrogen-bond donors (Lipinski definition) is 2. The molecule has 3 nitrogen and oxygen atoms in total. The molecule has 0 unspecified atom stereocenters. The monoisotopic (exact) mass is 253 g/mol. The molecule has 1 aromatic carbocycles. The summed E-state index contributed by atoms with van der Waals surface area (Å²) in [5.74, 6) is 0.0869. The van der Waals surface area contributed by atoms with Crippen molar-refractivity contribution in [1.82, 2.24) is 5.32 Å². The zero-order chi connectivity index (χ0) is 12.7. The summed E-state index contributed by atoms with van der Waals surface area (Å²) in [6, 6.07) is 7.67. The van der Waals surface area contributed by atoms with Crippen LogP contribution in [0.1, 0.15) is 17.5 Å². The van der Waals surface area contributed by atoms with Gasteiger partial charge in [-0.25, -0.2) is 0 Å². The van der Waals surface area contributed by atoms with Crippen molar-refractivity contribution in [3.8, 4) is 0 Å². The summed E-state index contributed by atoms with van der Waals surface area (Å²) in [5, 5.41) is 12.1. The van der Waals surface area contributed by atoms with Gasteiger partial charge in [0.2, 0.25) is 0 Å². The third kappa shape index (κ3) is 5.24. The molecule has 2 N–H and O–H groups in total. The number of aryl methyl sites for hydroxylation is 1. The van der Waals surface area contributed by atoms with E-state index in [2.05, 4.69) is 5.32 Å². The number of aliphatic carboxylic acids is 1. The van der Waals surface area contributed by atoms with Crippen molar-refractivity contribution in [3.05, 3.63) is 35.4 Å². The molecule has 0 bridgehead atoms. The van der Waals surface area contributed by atoms with Crippen molar-refractivity contribution in [1.29, 1.82) is 0 Å². The fourth-order valence-electron chi connectivity index (χ4n) is 1.50. The molecular weight excluding hydrogens is 234 g/mol. The molecule has 1 aromatic rings. The lowest BCUT2D eigenvalue weighted by molar-refractivity contribution is -0.139. The van der Waals surface area contributed by atoms with Crippen LogP contribution >= 0.6 is 11.8 Å². The zero-order valence-corrected chi connectivity index (χ0v) is 11.1. The van der Waals surface area contributed by atoms with Gasteiger partial charge in [-0.15, -0.1) is 0 Å². The number of hydrogen-bond acceptors (Lipinski definition) is 3. The summed E-state index contributed by atoms with van der Waals surface area (Å²) in [6.07, 6.45) is 2.64. The minimum Gasteiger partial charge on any atom is -0.480 e. The summed E-state index contributed by atoms with van der Waals surface area (Å²) in [4.78, 5) is 11.0. The molecule has 0 fully saturated rings. The molecule has 0 saturated heterocycles. The highest BCUT2D eigenvalue weighted by Gasteiger charge is 2.15. The van der Waals surface area contributed by atoms with E-state index in [4.69, 9.17) is 5.11 Å². The maximum absolute atomic E-state index is 11.0. The van der Waals surface area contributed by atoms with Crippen LogP contribution in [0.5, 0.6) is 0 Å². The van der Waals surface area contributed by atoms with Crippen molar-refractivity contribution < 1.29 is 9.90 Å². The molecular formula is C13H19NO2S. The molecule has 17 heavy (non-hydrogen) atoms. The summed E-state index contributed by atoms with van der Waals surface area (Å²) < 4.78 is 0. The van der Waals surface area contributed by atoms with E-state index in [1.165, 1.54) is 5.56 Å². The highest BCUT2D eigenvalue weighted by atomic mass is 32.2. The predicted octanol–water partition coefficient (Wildman–Crippen LogP) is 2.29. The molecule has 0 aromatic heterocycles. The van der Waals surface area contributed by atoms with E-state index in [1.807, 2.05) is 37.4 Å². The lowest BCUT2D eigenvalue weighted by Gasteiger charge is -2.13. The first-order chi connectivity index (χ1) is 8.13.